The van der Waals surface area contributed by atoms with E-state index in [1.54, 1.807) is 12.1 Å². The molecule has 0 aliphatic carbocycles. The number of hydrogen-bond acceptors (Lipinski definition) is 3. The number of carbonyl (C=O) groups excluding carboxylic acids is 1. The molecule has 0 bridgehead atoms. The molecule has 0 fully saturated rings. The topological polar surface area (TPSA) is 58.6 Å². The number of alkyl carbamates (subject to hydrolysis) is 1. The molecule has 2 aromatic rings. The zero-order valence-corrected chi connectivity index (χ0v) is 11.9. The number of amides is 1. The Balaban J connectivity index is 2.06. The third kappa shape index (κ3) is 3.63. The van der Waals surface area contributed by atoms with Gasteiger partial charge in [0, 0.05) is 11.9 Å². The van der Waals surface area contributed by atoms with E-state index in [-0.39, 0.29) is 5.75 Å². The lowest BCUT2D eigenvalue weighted by Crippen LogP contribution is -2.32. The molecule has 0 spiro atoms. The first-order valence-electron chi connectivity index (χ1n) is 6.53. The van der Waals surface area contributed by atoms with E-state index in [1.807, 2.05) is 45.0 Å². The smallest absolute Gasteiger partial charge is 0.407 e. The quantitative estimate of drug-likeness (QED) is 0.879. The van der Waals surface area contributed by atoms with Crippen LogP contribution in [0.1, 0.15) is 26.3 Å². The van der Waals surface area contributed by atoms with Crippen LogP contribution in [0, 0.1) is 0 Å². The summed E-state index contributed by atoms with van der Waals surface area (Å²) in [5, 5.41) is 14.2. The second-order valence-electron chi connectivity index (χ2n) is 5.69. The van der Waals surface area contributed by atoms with Gasteiger partial charge in [0.15, 0.2) is 0 Å². The second-order valence-corrected chi connectivity index (χ2v) is 5.69. The molecule has 0 aromatic heterocycles. The highest BCUT2D eigenvalue weighted by Crippen LogP contribution is 2.24. The van der Waals surface area contributed by atoms with Gasteiger partial charge >= 0.3 is 6.09 Å². The van der Waals surface area contributed by atoms with Crippen molar-refractivity contribution in [3.05, 3.63) is 42.0 Å². The van der Waals surface area contributed by atoms with E-state index in [1.165, 1.54) is 0 Å². The van der Waals surface area contributed by atoms with Gasteiger partial charge in [-0.1, -0.05) is 24.3 Å². The molecule has 2 N–H and O–H groups in total. The molecule has 0 saturated carbocycles. The van der Waals surface area contributed by atoms with Crippen LogP contribution in [0.4, 0.5) is 4.79 Å². The first-order chi connectivity index (χ1) is 9.35. The van der Waals surface area contributed by atoms with Crippen molar-refractivity contribution in [2.75, 3.05) is 0 Å². The van der Waals surface area contributed by atoms with E-state index >= 15 is 0 Å². The third-order valence-electron chi connectivity index (χ3n) is 2.76. The van der Waals surface area contributed by atoms with Gasteiger partial charge in [-0.3, -0.25) is 0 Å². The van der Waals surface area contributed by atoms with Crippen molar-refractivity contribution in [1.29, 1.82) is 0 Å². The number of fused-ring (bicyclic) bond motifs is 1. The summed E-state index contributed by atoms with van der Waals surface area (Å²) in [4.78, 5) is 11.6. The van der Waals surface area contributed by atoms with Crippen LogP contribution < -0.4 is 5.32 Å². The van der Waals surface area contributed by atoms with Gasteiger partial charge in [-0.2, -0.15) is 0 Å². The Bertz CT molecular complexity index is 629. The van der Waals surface area contributed by atoms with Crippen LogP contribution in [0.5, 0.6) is 5.75 Å². The Morgan fingerprint density at radius 1 is 1.25 bits per heavy atom. The first-order valence-corrected chi connectivity index (χ1v) is 6.53. The number of hydrogen-bond donors (Lipinski definition) is 2. The summed E-state index contributed by atoms with van der Waals surface area (Å²) < 4.78 is 5.18. The first kappa shape index (κ1) is 14.2. The van der Waals surface area contributed by atoms with E-state index in [0.717, 1.165) is 16.3 Å². The molecule has 0 aliphatic heterocycles. The van der Waals surface area contributed by atoms with Crippen molar-refractivity contribution in [1.82, 2.24) is 5.32 Å². The molecule has 0 aliphatic rings. The minimum atomic E-state index is -0.501. The van der Waals surface area contributed by atoms with Crippen LogP contribution in [0.3, 0.4) is 0 Å². The van der Waals surface area contributed by atoms with Crippen molar-refractivity contribution in [2.24, 2.45) is 0 Å². The predicted octanol–water partition coefficient (Wildman–Crippen LogP) is 3.57. The number of carbonyl (C=O) groups is 1. The average Bonchev–Trinajstić information content (AvgIpc) is 2.34. The number of ether oxygens (including phenoxy) is 1. The monoisotopic (exact) mass is 273 g/mol. The molecule has 2 aromatic carbocycles. The fourth-order valence-electron chi connectivity index (χ4n) is 1.91. The molecule has 106 valence electrons. The fraction of sp³-hybridized carbons (Fsp3) is 0.312. The van der Waals surface area contributed by atoms with Gasteiger partial charge in [-0.05, 0) is 43.9 Å². The molecular formula is C16H19NO3. The Morgan fingerprint density at radius 2 is 2.00 bits per heavy atom. The number of phenols is 1. The number of phenolic OH excluding ortho intramolecular Hbond substituents is 1. The number of benzene rings is 2. The Kier molecular flexibility index (Phi) is 3.84. The second kappa shape index (κ2) is 5.41. The Hall–Kier alpha value is -2.23. The van der Waals surface area contributed by atoms with Crippen molar-refractivity contribution in [3.63, 3.8) is 0 Å². The van der Waals surface area contributed by atoms with Crippen molar-refractivity contribution < 1.29 is 14.6 Å². The Morgan fingerprint density at radius 3 is 2.70 bits per heavy atom. The molecular weight excluding hydrogens is 254 g/mol. The summed E-state index contributed by atoms with van der Waals surface area (Å²) in [7, 11) is 0. The average molecular weight is 273 g/mol. The van der Waals surface area contributed by atoms with E-state index in [9.17, 15) is 9.90 Å². The maximum absolute atomic E-state index is 11.6. The number of aromatic hydroxyl groups is 1. The van der Waals surface area contributed by atoms with Gasteiger partial charge in [0.05, 0.1) is 0 Å². The Labute approximate surface area is 118 Å². The molecule has 20 heavy (non-hydrogen) atoms. The van der Waals surface area contributed by atoms with Gasteiger partial charge in [0.1, 0.15) is 11.4 Å². The predicted molar refractivity (Wildman–Crippen MR) is 78.7 cm³/mol. The third-order valence-corrected chi connectivity index (χ3v) is 2.76. The zero-order valence-electron chi connectivity index (χ0n) is 11.9. The SMILES string of the molecule is CC(C)(C)OC(=O)NCc1ccc2c(O)cccc2c1. The zero-order chi connectivity index (χ0) is 14.8. The lowest BCUT2D eigenvalue weighted by atomic mass is 10.1. The van der Waals surface area contributed by atoms with Crippen LogP contribution >= 0.6 is 0 Å². The maximum Gasteiger partial charge on any atom is 0.407 e. The van der Waals surface area contributed by atoms with Crippen LogP contribution in [0.25, 0.3) is 10.8 Å². The summed E-state index contributed by atoms with van der Waals surface area (Å²) in [5.41, 5.74) is 0.452. The van der Waals surface area contributed by atoms with Gasteiger partial charge in [0.2, 0.25) is 0 Å². The van der Waals surface area contributed by atoms with Crippen LogP contribution in [-0.2, 0) is 11.3 Å². The highest BCUT2D eigenvalue weighted by molar-refractivity contribution is 5.88. The van der Waals surface area contributed by atoms with Crippen LogP contribution in [0.15, 0.2) is 36.4 Å². The molecule has 0 heterocycles. The minimum Gasteiger partial charge on any atom is -0.507 e. The summed E-state index contributed by atoms with van der Waals surface area (Å²) in [6, 6.07) is 11.0. The molecule has 0 unspecified atom stereocenters. The van der Waals surface area contributed by atoms with Crippen molar-refractivity contribution >= 4 is 16.9 Å². The van der Waals surface area contributed by atoms with Crippen LogP contribution in [0.2, 0.25) is 0 Å². The molecule has 2 rings (SSSR count). The number of nitrogens with one attached hydrogen (secondary N) is 1. The lowest BCUT2D eigenvalue weighted by molar-refractivity contribution is 0.0523. The summed E-state index contributed by atoms with van der Waals surface area (Å²) in [5.74, 6) is 0.258. The molecule has 1 amide bonds. The molecule has 0 atom stereocenters. The molecule has 0 radical (unpaired) electrons. The van der Waals surface area contributed by atoms with Gasteiger partial charge in [-0.25, -0.2) is 4.79 Å². The van der Waals surface area contributed by atoms with Crippen molar-refractivity contribution in [3.8, 4) is 5.75 Å². The minimum absolute atomic E-state index is 0.258. The van der Waals surface area contributed by atoms with Gasteiger partial charge in [-0.15, -0.1) is 0 Å². The van der Waals surface area contributed by atoms with E-state index in [2.05, 4.69) is 5.32 Å². The normalized spacial score (nSPS) is 11.3. The number of rotatable bonds is 2. The lowest BCUT2D eigenvalue weighted by Gasteiger charge is -2.19. The molecule has 4 nitrogen and oxygen atoms in total. The summed E-state index contributed by atoms with van der Waals surface area (Å²) in [6.07, 6.45) is -0.437. The van der Waals surface area contributed by atoms with E-state index < -0.39 is 11.7 Å². The molecule has 0 saturated heterocycles. The van der Waals surface area contributed by atoms with Gasteiger partial charge in [0.25, 0.3) is 0 Å². The fourth-order valence-corrected chi connectivity index (χ4v) is 1.91. The standard InChI is InChI=1S/C16H19NO3/c1-16(2,3)20-15(19)17-10-11-7-8-13-12(9-11)5-4-6-14(13)18/h4-9,18H,10H2,1-3H3,(H,17,19). The highest BCUT2D eigenvalue weighted by atomic mass is 16.6. The highest BCUT2D eigenvalue weighted by Gasteiger charge is 2.15. The van der Waals surface area contributed by atoms with Crippen LogP contribution in [-0.4, -0.2) is 16.8 Å². The van der Waals surface area contributed by atoms with E-state index in [0.29, 0.717) is 6.54 Å². The van der Waals surface area contributed by atoms with Gasteiger partial charge < -0.3 is 15.2 Å². The largest absolute Gasteiger partial charge is 0.507 e. The summed E-state index contributed by atoms with van der Waals surface area (Å²) in [6.45, 7) is 5.86. The van der Waals surface area contributed by atoms with E-state index in [4.69, 9.17) is 4.74 Å². The maximum atomic E-state index is 11.6. The van der Waals surface area contributed by atoms with Crippen molar-refractivity contribution in [2.45, 2.75) is 32.9 Å². The molecule has 4 heteroatoms. The summed E-state index contributed by atoms with van der Waals surface area (Å²) >= 11 is 0.